The molecule has 1 atom stereocenters. The molecule has 0 fully saturated rings. The molecule has 0 rings (SSSR count). The Morgan fingerprint density at radius 2 is 1.92 bits per heavy atom. The minimum atomic E-state index is -2.32. The zero-order valence-corrected chi connectivity index (χ0v) is 9.92. The van der Waals surface area contributed by atoms with Gasteiger partial charge in [0.1, 0.15) is 0 Å². The van der Waals surface area contributed by atoms with Crippen molar-refractivity contribution < 1.29 is 9.09 Å². The van der Waals surface area contributed by atoms with Gasteiger partial charge in [-0.1, -0.05) is 32.2 Å². The fourth-order valence-corrected chi connectivity index (χ4v) is 4.42. The summed E-state index contributed by atoms with van der Waals surface area (Å²) in [6.07, 6.45) is 2.65. The van der Waals surface area contributed by atoms with E-state index in [1.807, 2.05) is 13.8 Å². The lowest BCUT2D eigenvalue weighted by molar-refractivity contribution is 0.325. The normalized spacial score (nSPS) is 15.9. The monoisotopic (exact) mass is 210 g/mol. The molecule has 1 unspecified atom stereocenters. The van der Waals surface area contributed by atoms with E-state index in [-0.39, 0.29) is 0 Å². The Bertz CT molecular complexity index is 138. The first-order chi connectivity index (χ1) is 5.68. The highest BCUT2D eigenvalue weighted by molar-refractivity contribution is 8.56. The average Bonchev–Trinajstić information content (AvgIpc) is 2.11. The standard InChI is InChI=1S/C8H19O2PS/c1-4-7-10-11(9,6-3)12-8-5-2/h4-8H2,1-3H3. The molecule has 0 aliphatic carbocycles. The van der Waals surface area contributed by atoms with Crippen LogP contribution in [0.5, 0.6) is 0 Å². The molecule has 4 heteroatoms. The van der Waals surface area contributed by atoms with Gasteiger partial charge < -0.3 is 4.52 Å². The summed E-state index contributed by atoms with van der Waals surface area (Å²) in [6.45, 7) is 4.36. The lowest BCUT2D eigenvalue weighted by Crippen LogP contribution is -1.92. The molecule has 0 aromatic rings. The van der Waals surface area contributed by atoms with Crippen molar-refractivity contribution in [3.63, 3.8) is 0 Å². The van der Waals surface area contributed by atoms with Crippen molar-refractivity contribution in [2.24, 2.45) is 0 Å². The summed E-state index contributed by atoms with van der Waals surface area (Å²) in [5, 5.41) is 0. The fourth-order valence-electron chi connectivity index (χ4n) is 0.681. The molecule has 0 aliphatic rings. The van der Waals surface area contributed by atoms with Gasteiger partial charge in [0, 0.05) is 11.9 Å². The van der Waals surface area contributed by atoms with Gasteiger partial charge in [-0.2, -0.15) is 0 Å². The molecular formula is C8H19O2PS. The van der Waals surface area contributed by atoms with Crippen molar-refractivity contribution in [1.82, 2.24) is 0 Å². The van der Waals surface area contributed by atoms with E-state index in [1.54, 1.807) is 0 Å². The Morgan fingerprint density at radius 3 is 2.33 bits per heavy atom. The molecule has 0 aliphatic heterocycles. The predicted octanol–water partition coefficient (Wildman–Crippen LogP) is 3.77. The Balaban J connectivity index is 3.79. The van der Waals surface area contributed by atoms with Crippen molar-refractivity contribution in [1.29, 1.82) is 0 Å². The second kappa shape index (κ2) is 6.99. The van der Waals surface area contributed by atoms with Crippen LogP contribution in [0.25, 0.3) is 0 Å². The van der Waals surface area contributed by atoms with Gasteiger partial charge in [-0.25, -0.2) is 0 Å². The van der Waals surface area contributed by atoms with Crippen LogP contribution < -0.4 is 0 Å². The highest BCUT2D eigenvalue weighted by atomic mass is 32.7. The van der Waals surface area contributed by atoms with Gasteiger partial charge in [0.05, 0.1) is 6.61 Å². The molecule has 0 heterocycles. The maximum Gasteiger partial charge on any atom is 0.257 e. The molecule has 0 bridgehead atoms. The van der Waals surface area contributed by atoms with Crippen molar-refractivity contribution in [2.75, 3.05) is 18.5 Å². The van der Waals surface area contributed by atoms with E-state index < -0.39 is 6.57 Å². The summed E-state index contributed by atoms with van der Waals surface area (Å²) in [7, 11) is 0. The summed E-state index contributed by atoms with van der Waals surface area (Å²) in [5.74, 6) is 0.939. The third-order valence-electron chi connectivity index (χ3n) is 1.37. The van der Waals surface area contributed by atoms with Crippen LogP contribution in [0.3, 0.4) is 0 Å². The molecule has 0 saturated heterocycles. The minimum Gasteiger partial charge on any atom is -0.321 e. The number of hydrogen-bond donors (Lipinski definition) is 0. The minimum absolute atomic E-state index is 0.627. The van der Waals surface area contributed by atoms with Crippen LogP contribution in [0.2, 0.25) is 0 Å². The van der Waals surface area contributed by atoms with Gasteiger partial charge in [0.15, 0.2) is 0 Å². The molecule has 0 aromatic heterocycles. The molecule has 0 spiro atoms. The molecule has 0 saturated carbocycles. The average molecular weight is 210 g/mol. The van der Waals surface area contributed by atoms with Gasteiger partial charge in [0.2, 0.25) is 0 Å². The summed E-state index contributed by atoms with van der Waals surface area (Å²) in [5.41, 5.74) is 0. The lowest BCUT2D eigenvalue weighted by Gasteiger charge is -2.14. The van der Waals surface area contributed by atoms with Crippen LogP contribution in [0.1, 0.15) is 33.6 Å². The molecule has 0 radical (unpaired) electrons. The third kappa shape index (κ3) is 5.23. The van der Waals surface area contributed by atoms with E-state index in [9.17, 15) is 4.57 Å². The van der Waals surface area contributed by atoms with Gasteiger partial charge in [-0.15, -0.1) is 0 Å². The van der Waals surface area contributed by atoms with Crippen LogP contribution in [0.15, 0.2) is 0 Å². The summed E-state index contributed by atoms with van der Waals surface area (Å²) in [4.78, 5) is 0. The second-order valence-corrected chi connectivity index (χ2v) is 7.82. The van der Waals surface area contributed by atoms with E-state index in [1.165, 1.54) is 11.4 Å². The quantitative estimate of drug-likeness (QED) is 0.598. The number of rotatable bonds is 7. The first-order valence-electron chi connectivity index (χ1n) is 4.56. The Labute approximate surface area is 79.7 Å². The highest BCUT2D eigenvalue weighted by Crippen LogP contribution is 2.59. The zero-order chi connectivity index (χ0) is 9.45. The van der Waals surface area contributed by atoms with Crippen LogP contribution in [0.4, 0.5) is 0 Å². The van der Waals surface area contributed by atoms with Gasteiger partial charge in [-0.05, 0) is 12.8 Å². The van der Waals surface area contributed by atoms with E-state index in [2.05, 4.69) is 6.92 Å². The molecular weight excluding hydrogens is 191 g/mol. The molecule has 74 valence electrons. The van der Waals surface area contributed by atoms with Crippen molar-refractivity contribution in [3.05, 3.63) is 0 Å². The zero-order valence-electron chi connectivity index (χ0n) is 8.21. The van der Waals surface area contributed by atoms with Gasteiger partial charge in [0.25, 0.3) is 6.57 Å². The Hall–Kier alpha value is 0.540. The molecule has 12 heavy (non-hydrogen) atoms. The maximum atomic E-state index is 11.8. The highest BCUT2D eigenvalue weighted by Gasteiger charge is 2.19. The van der Waals surface area contributed by atoms with Gasteiger partial charge in [-0.3, -0.25) is 4.57 Å². The van der Waals surface area contributed by atoms with E-state index in [4.69, 9.17) is 4.52 Å². The van der Waals surface area contributed by atoms with Gasteiger partial charge >= 0.3 is 0 Å². The molecule has 0 N–H and O–H groups in total. The van der Waals surface area contributed by atoms with E-state index >= 15 is 0 Å². The molecule has 0 amide bonds. The first-order valence-corrected chi connectivity index (χ1v) is 7.96. The third-order valence-corrected chi connectivity index (χ3v) is 6.53. The van der Waals surface area contributed by atoms with Crippen LogP contribution >= 0.6 is 18.0 Å². The van der Waals surface area contributed by atoms with E-state index in [0.717, 1.165) is 18.6 Å². The first kappa shape index (κ1) is 12.5. The summed E-state index contributed by atoms with van der Waals surface area (Å²) < 4.78 is 17.2. The van der Waals surface area contributed by atoms with Crippen molar-refractivity contribution in [3.8, 4) is 0 Å². The predicted molar refractivity (Wildman–Crippen MR) is 57.1 cm³/mol. The van der Waals surface area contributed by atoms with Crippen LogP contribution in [0, 0.1) is 0 Å². The summed E-state index contributed by atoms with van der Waals surface area (Å²) >= 11 is 1.50. The second-order valence-electron chi connectivity index (χ2n) is 2.59. The molecule has 0 aromatic carbocycles. The van der Waals surface area contributed by atoms with Crippen LogP contribution in [-0.2, 0) is 9.09 Å². The topological polar surface area (TPSA) is 26.3 Å². The number of hydrogen-bond acceptors (Lipinski definition) is 3. The van der Waals surface area contributed by atoms with Crippen LogP contribution in [-0.4, -0.2) is 18.5 Å². The maximum absolute atomic E-state index is 11.8. The lowest BCUT2D eigenvalue weighted by atomic mass is 10.5. The largest absolute Gasteiger partial charge is 0.321 e. The smallest absolute Gasteiger partial charge is 0.257 e. The SMILES string of the molecule is CCCOP(=O)(CC)SCCC. The van der Waals surface area contributed by atoms with Crippen molar-refractivity contribution >= 4 is 18.0 Å². The molecule has 2 nitrogen and oxygen atoms in total. The Kier molecular flexibility index (Phi) is 7.31. The van der Waals surface area contributed by atoms with E-state index in [0.29, 0.717) is 12.8 Å². The van der Waals surface area contributed by atoms with Crippen molar-refractivity contribution in [2.45, 2.75) is 33.6 Å². The fraction of sp³-hybridized carbons (Fsp3) is 1.00. The Morgan fingerprint density at radius 1 is 1.25 bits per heavy atom. The summed E-state index contributed by atoms with van der Waals surface area (Å²) in [6, 6.07) is 0.